The summed E-state index contributed by atoms with van der Waals surface area (Å²) in [5.41, 5.74) is 0.180. The molecule has 4 aromatic carbocycles. The number of carbonyl (C=O) groups excluding carboxylic acids is 2. The highest BCUT2D eigenvalue weighted by atomic mass is 32.2. The molecule has 0 aliphatic heterocycles. The van der Waals surface area contributed by atoms with E-state index in [0.29, 0.717) is 0 Å². The molecule has 0 spiro atoms. The highest BCUT2D eigenvalue weighted by Gasteiger charge is 2.18. The molecule has 2 N–H and O–H groups in total. The minimum absolute atomic E-state index is 0.00498. The lowest BCUT2D eigenvalue weighted by atomic mass is 10.2. The molecule has 0 saturated carbocycles. The first-order valence-electron chi connectivity index (χ1n) is 11.2. The standard InChI is InChI=1S/C28H22O10S/c1-35-27(31)17-11-19(29)15-23(13-17)37-21-3-7-25(8-4-21)39(33,34)26-9-5-22(6-10-26)38-24-14-18(28(32)36-2)12-20(30)16-24/h3-16,29-30H,1-2H3. The van der Waals surface area contributed by atoms with Gasteiger partial charge in [-0.1, -0.05) is 0 Å². The fourth-order valence-electron chi connectivity index (χ4n) is 3.54. The maximum absolute atomic E-state index is 13.1. The highest BCUT2D eigenvalue weighted by molar-refractivity contribution is 7.91. The Morgan fingerprint density at radius 2 is 0.923 bits per heavy atom. The van der Waals surface area contributed by atoms with Gasteiger partial charge < -0.3 is 29.2 Å². The number of esters is 2. The van der Waals surface area contributed by atoms with Crippen molar-refractivity contribution < 1.29 is 47.2 Å². The van der Waals surface area contributed by atoms with Gasteiger partial charge in [-0.2, -0.15) is 0 Å². The second-order valence-corrected chi connectivity index (χ2v) is 10.0. The Morgan fingerprint density at radius 1 is 0.564 bits per heavy atom. The van der Waals surface area contributed by atoms with Gasteiger partial charge in [0.15, 0.2) is 0 Å². The number of hydrogen-bond acceptors (Lipinski definition) is 10. The average Bonchev–Trinajstić information content (AvgIpc) is 2.92. The molecule has 11 heteroatoms. The van der Waals surface area contributed by atoms with Gasteiger partial charge in [0.25, 0.3) is 0 Å². The summed E-state index contributed by atoms with van der Waals surface area (Å²) in [5, 5.41) is 19.7. The molecule has 0 aromatic heterocycles. The zero-order chi connectivity index (χ0) is 28.2. The fourth-order valence-corrected chi connectivity index (χ4v) is 4.80. The molecule has 39 heavy (non-hydrogen) atoms. The molecule has 0 aliphatic rings. The Hall–Kier alpha value is -5.03. The molecule has 0 saturated heterocycles. The van der Waals surface area contributed by atoms with E-state index in [-0.39, 0.29) is 55.4 Å². The predicted octanol–water partition coefficient (Wildman–Crippen LogP) is 5.09. The third-order valence-electron chi connectivity index (χ3n) is 5.36. The number of methoxy groups -OCH3 is 2. The lowest BCUT2D eigenvalue weighted by Gasteiger charge is -2.11. The van der Waals surface area contributed by atoms with Crippen molar-refractivity contribution in [1.82, 2.24) is 0 Å². The number of benzene rings is 4. The van der Waals surface area contributed by atoms with Crippen molar-refractivity contribution >= 4 is 21.8 Å². The molecule has 0 heterocycles. The Kier molecular flexibility index (Phi) is 7.73. The van der Waals surface area contributed by atoms with Crippen molar-refractivity contribution in [3.63, 3.8) is 0 Å². The summed E-state index contributed by atoms with van der Waals surface area (Å²) in [6.45, 7) is 0. The first-order chi connectivity index (χ1) is 18.6. The van der Waals surface area contributed by atoms with Crippen molar-refractivity contribution in [2.75, 3.05) is 14.2 Å². The van der Waals surface area contributed by atoms with Crippen LogP contribution in [0.25, 0.3) is 0 Å². The lowest BCUT2D eigenvalue weighted by molar-refractivity contribution is 0.0591. The predicted molar refractivity (Wildman–Crippen MR) is 137 cm³/mol. The van der Waals surface area contributed by atoms with Crippen LogP contribution in [0.5, 0.6) is 34.5 Å². The van der Waals surface area contributed by atoms with E-state index in [1.165, 1.54) is 99.1 Å². The number of rotatable bonds is 8. The van der Waals surface area contributed by atoms with E-state index >= 15 is 0 Å². The van der Waals surface area contributed by atoms with E-state index in [1.54, 1.807) is 0 Å². The van der Waals surface area contributed by atoms with Crippen molar-refractivity contribution in [3.8, 4) is 34.5 Å². The number of phenolic OH excluding ortho intramolecular Hbond substituents is 2. The molecule has 200 valence electrons. The van der Waals surface area contributed by atoms with Crippen LogP contribution in [0.15, 0.2) is 94.7 Å². The fraction of sp³-hybridized carbons (Fsp3) is 0.0714. The monoisotopic (exact) mass is 550 g/mol. The Balaban J connectivity index is 1.49. The van der Waals surface area contributed by atoms with Gasteiger partial charge in [0.2, 0.25) is 9.84 Å². The van der Waals surface area contributed by atoms with Crippen molar-refractivity contribution in [3.05, 3.63) is 96.1 Å². The van der Waals surface area contributed by atoms with Gasteiger partial charge in [-0.25, -0.2) is 18.0 Å². The molecule has 0 radical (unpaired) electrons. The second-order valence-electron chi connectivity index (χ2n) is 8.06. The van der Waals surface area contributed by atoms with Crippen LogP contribution in [-0.2, 0) is 19.3 Å². The summed E-state index contributed by atoms with van der Waals surface area (Å²) in [5.74, 6) is -0.838. The van der Waals surface area contributed by atoms with Crippen molar-refractivity contribution in [2.45, 2.75) is 9.79 Å². The zero-order valence-electron chi connectivity index (χ0n) is 20.7. The van der Waals surface area contributed by atoms with Crippen LogP contribution in [0.2, 0.25) is 0 Å². The summed E-state index contributed by atoms with van der Waals surface area (Å²) < 4.78 is 46.8. The third-order valence-corrected chi connectivity index (χ3v) is 7.15. The maximum atomic E-state index is 13.1. The first kappa shape index (κ1) is 27.0. The number of hydrogen-bond donors (Lipinski definition) is 2. The van der Waals surface area contributed by atoms with Crippen molar-refractivity contribution in [2.24, 2.45) is 0 Å². The molecular weight excluding hydrogens is 528 g/mol. The molecule has 0 unspecified atom stereocenters. The number of ether oxygens (including phenoxy) is 4. The van der Waals surface area contributed by atoms with Gasteiger partial charge in [-0.3, -0.25) is 0 Å². The summed E-state index contributed by atoms with van der Waals surface area (Å²) in [7, 11) is -1.46. The topological polar surface area (TPSA) is 146 Å². The summed E-state index contributed by atoms with van der Waals surface area (Å²) in [6.07, 6.45) is 0. The normalized spacial score (nSPS) is 10.9. The quantitative estimate of drug-likeness (QED) is 0.285. The smallest absolute Gasteiger partial charge is 0.338 e. The van der Waals surface area contributed by atoms with E-state index in [2.05, 4.69) is 9.47 Å². The maximum Gasteiger partial charge on any atom is 0.338 e. The second kappa shape index (κ2) is 11.2. The van der Waals surface area contributed by atoms with Crippen LogP contribution in [0.4, 0.5) is 0 Å². The van der Waals surface area contributed by atoms with Gasteiger partial charge in [0.1, 0.15) is 34.5 Å². The molecular formula is C28H22O10S. The molecule has 0 aliphatic carbocycles. The van der Waals surface area contributed by atoms with Crippen LogP contribution >= 0.6 is 0 Å². The van der Waals surface area contributed by atoms with Gasteiger partial charge in [-0.05, 0) is 72.8 Å². The van der Waals surface area contributed by atoms with Crippen molar-refractivity contribution in [1.29, 1.82) is 0 Å². The SMILES string of the molecule is COC(=O)c1cc(O)cc(Oc2ccc(S(=O)(=O)c3ccc(Oc4cc(O)cc(C(=O)OC)c4)cc3)cc2)c1. The number of sulfone groups is 1. The molecule has 0 atom stereocenters. The Labute approximate surface area is 223 Å². The molecule has 0 bridgehead atoms. The largest absolute Gasteiger partial charge is 0.508 e. The van der Waals surface area contributed by atoms with E-state index in [1.807, 2.05) is 0 Å². The van der Waals surface area contributed by atoms with Crippen LogP contribution in [0.1, 0.15) is 20.7 Å². The highest BCUT2D eigenvalue weighted by Crippen LogP contribution is 2.31. The van der Waals surface area contributed by atoms with Gasteiger partial charge >= 0.3 is 11.9 Å². The van der Waals surface area contributed by atoms with Crippen LogP contribution < -0.4 is 9.47 Å². The summed E-state index contributed by atoms with van der Waals surface area (Å²) in [6, 6.07) is 19.0. The third kappa shape index (κ3) is 6.28. The molecule has 4 aromatic rings. The summed E-state index contributed by atoms with van der Waals surface area (Å²) >= 11 is 0. The molecule has 4 rings (SSSR count). The first-order valence-corrected chi connectivity index (χ1v) is 12.7. The van der Waals surface area contributed by atoms with Crippen LogP contribution in [0.3, 0.4) is 0 Å². The van der Waals surface area contributed by atoms with Gasteiger partial charge in [-0.15, -0.1) is 0 Å². The molecule has 0 fully saturated rings. The van der Waals surface area contributed by atoms with E-state index in [4.69, 9.17) is 9.47 Å². The van der Waals surface area contributed by atoms with E-state index < -0.39 is 21.8 Å². The van der Waals surface area contributed by atoms with Crippen LogP contribution in [-0.4, -0.2) is 44.8 Å². The molecule has 10 nitrogen and oxygen atoms in total. The minimum atomic E-state index is -3.89. The van der Waals surface area contributed by atoms with E-state index in [0.717, 1.165) is 0 Å². The number of carbonyl (C=O) groups is 2. The van der Waals surface area contributed by atoms with Crippen LogP contribution in [0, 0.1) is 0 Å². The van der Waals surface area contributed by atoms with Gasteiger partial charge in [0.05, 0.1) is 35.1 Å². The lowest BCUT2D eigenvalue weighted by Crippen LogP contribution is -2.02. The Bertz CT molecular complexity index is 1510. The summed E-state index contributed by atoms with van der Waals surface area (Å²) in [4.78, 5) is 23.5. The zero-order valence-corrected chi connectivity index (χ0v) is 21.5. The Morgan fingerprint density at radius 3 is 1.26 bits per heavy atom. The number of aromatic hydroxyl groups is 2. The number of phenols is 2. The average molecular weight is 551 g/mol. The van der Waals surface area contributed by atoms with E-state index in [9.17, 15) is 28.2 Å². The molecule has 0 amide bonds. The van der Waals surface area contributed by atoms with Gasteiger partial charge in [0, 0.05) is 12.1 Å². The minimum Gasteiger partial charge on any atom is -0.508 e.